The molecule has 0 saturated heterocycles. The Bertz CT molecular complexity index is 664. The van der Waals surface area contributed by atoms with E-state index in [0.717, 1.165) is 25.7 Å². The zero-order chi connectivity index (χ0) is 14.8. The van der Waals surface area contributed by atoms with Crippen molar-refractivity contribution in [2.45, 2.75) is 37.8 Å². The van der Waals surface area contributed by atoms with Crippen molar-refractivity contribution in [3.05, 3.63) is 18.1 Å². The van der Waals surface area contributed by atoms with Gasteiger partial charge in [0.2, 0.25) is 5.88 Å². The molecule has 6 heteroatoms. The van der Waals surface area contributed by atoms with Gasteiger partial charge in [0.15, 0.2) is 0 Å². The average Bonchev–Trinajstić information content (AvgIpc) is 2.92. The minimum Gasteiger partial charge on any atom is -0.474 e. The standard InChI is InChI=1S/C15H19N5O/c1-20(2)11-3-5-12(6-4-11)21-15-13-10(7-16)8-17-14(13)18-9-19-15/h8-9,11-12H,3-6H2,1-2H3,(H,17,18,19). The molecular formula is C15H19N5O. The van der Waals surface area contributed by atoms with Crippen molar-refractivity contribution in [2.24, 2.45) is 0 Å². The fraction of sp³-hybridized carbons (Fsp3) is 0.533. The van der Waals surface area contributed by atoms with Crippen LogP contribution in [0.3, 0.4) is 0 Å². The first-order valence-corrected chi connectivity index (χ1v) is 7.24. The Kier molecular flexibility index (Phi) is 3.76. The lowest BCUT2D eigenvalue weighted by Crippen LogP contribution is -2.35. The summed E-state index contributed by atoms with van der Waals surface area (Å²) in [5.74, 6) is 0.520. The molecule has 0 aromatic carbocycles. The van der Waals surface area contributed by atoms with Gasteiger partial charge < -0.3 is 14.6 Å². The molecule has 0 unspecified atom stereocenters. The maximum Gasteiger partial charge on any atom is 0.227 e. The van der Waals surface area contributed by atoms with Gasteiger partial charge in [0.1, 0.15) is 24.1 Å². The largest absolute Gasteiger partial charge is 0.474 e. The normalized spacial score (nSPS) is 22.4. The number of nitriles is 1. The van der Waals surface area contributed by atoms with E-state index in [-0.39, 0.29) is 6.10 Å². The zero-order valence-electron chi connectivity index (χ0n) is 12.3. The van der Waals surface area contributed by atoms with Crippen molar-refractivity contribution in [1.29, 1.82) is 5.26 Å². The van der Waals surface area contributed by atoms with Gasteiger partial charge in [0.25, 0.3) is 0 Å². The van der Waals surface area contributed by atoms with Crippen LogP contribution in [0, 0.1) is 11.3 Å². The van der Waals surface area contributed by atoms with E-state index >= 15 is 0 Å². The van der Waals surface area contributed by atoms with Gasteiger partial charge in [-0.05, 0) is 39.8 Å². The number of rotatable bonds is 3. The smallest absolute Gasteiger partial charge is 0.227 e. The second-order valence-corrected chi connectivity index (χ2v) is 5.73. The molecule has 3 rings (SSSR count). The van der Waals surface area contributed by atoms with Gasteiger partial charge in [-0.3, -0.25) is 0 Å². The van der Waals surface area contributed by atoms with Gasteiger partial charge in [-0.2, -0.15) is 5.26 Å². The minimum absolute atomic E-state index is 0.167. The van der Waals surface area contributed by atoms with Crippen LogP contribution in [-0.4, -0.2) is 46.1 Å². The van der Waals surface area contributed by atoms with Crippen LogP contribution in [0.2, 0.25) is 0 Å². The third-order valence-electron chi connectivity index (χ3n) is 4.21. The van der Waals surface area contributed by atoms with Crippen molar-refractivity contribution in [1.82, 2.24) is 19.9 Å². The Hall–Kier alpha value is -2.13. The Morgan fingerprint density at radius 3 is 2.71 bits per heavy atom. The Morgan fingerprint density at radius 1 is 1.29 bits per heavy atom. The molecule has 1 N–H and O–H groups in total. The number of nitrogens with zero attached hydrogens (tertiary/aromatic N) is 4. The van der Waals surface area contributed by atoms with Gasteiger partial charge in [-0.25, -0.2) is 9.97 Å². The van der Waals surface area contributed by atoms with E-state index < -0.39 is 0 Å². The van der Waals surface area contributed by atoms with Crippen LogP contribution >= 0.6 is 0 Å². The van der Waals surface area contributed by atoms with Crippen LogP contribution < -0.4 is 4.74 Å². The molecule has 0 aliphatic heterocycles. The third kappa shape index (κ3) is 2.69. The molecule has 1 aliphatic rings. The van der Waals surface area contributed by atoms with Crippen LogP contribution in [0.5, 0.6) is 5.88 Å². The summed E-state index contributed by atoms with van der Waals surface area (Å²) in [7, 11) is 4.25. The molecule has 0 amide bonds. The van der Waals surface area contributed by atoms with Crippen molar-refractivity contribution >= 4 is 11.0 Å². The Morgan fingerprint density at radius 2 is 2.05 bits per heavy atom. The lowest BCUT2D eigenvalue weighted by molar-refractivity contribution is 0.108. The fourth-order valence-electron chi connectivity index (χ4n) is 2.95. The van der Waals surface area contributed by atoms with E-state index in [1.165, 1.54) is 6.33 Å². The number of aromatic amines is 1. The van der Waals surface area contributed by atoms with Gasteiger partial charge in [0.05, 0.1) is 10.9 Å². The number of ether oxygens (including phenoxy) is 1. The Balaban J connectivity index is 1.77. The summed E-state index contributed by atoms with van der Waals surface area (Å²) in [6.45, 7) is 0. The second kappa shape index (κ2) is 5.70. The molecule has 2 aromatic rings. The van der Waals surface area contributed by atoms with Crippen LogP contribution in [0.15, 0.2) is 12.5 Å². The molecule has 0 spiro atoms. The second-order valence-electron chi connectivity index (χ2n) is 5.73. The molecule has 2 heterocycles. The van der Waals surface area contributed by atoms with E-state index in [9.17, 15) is 0 Å². The first-order valence-electron chi connectivity index (χ1n) is 7.24. The average molecular weight is 285 g/mol. The summed E-state index contributed by atoms with van der Waals surface area (Å²) in [5.41, 5.74) is 1.18. The molecule has 6 nitrogen and oxygen atoms in total. The van der Waals surface area contributed by atoms with E-state index in [2.05, 4.69) is 40.0 Å². The summed E-state index contributed by atoms with van der Waals surface area (Å²) >= 11 is 0. The van der Waals surface area contributed by atoms with Crippen LogP contribution in [0.25, 0.3) is 11.0 Å². The maximum absolute atomic E-state index is 9.16. The van der Waals surface area contributed by atoms with Crippen LogP contribution in [0.4, 0.5) is 0 Å². The van der Waals surface area contributed by atoms with Crippen molar-refractivity contribution in [2.75, 3.05) is 14.1 Å². The van der Waals surface area contributed by atoms with Crippen molar-refractivity contribution in [3.63, 3.8) is 0 Å². The number of fused-ring (bicyclic) bond motifs is 1. The molecule has 2 aromatic heterocycles. The molecule has 0 bridgehead atoms. The summed E-state index contributed by atoms with van der Waals surface area (Å²) in [6, 6.07) is 2.79. The summed E-state index contributed by atoms with van der Waals surface area (Å²) in [6.07, 6.45) is 7.58. The van der Waals surface area contributed by atoms with E-state index in [0.29, 0.717) is 28.5 Å². The first kappa shape index (κ1) is 13.8. The quantitative estimate of drug-likeness (QED) is 0.934. The summed E-state index contributed by atoms with van der Waals surface area (Å²) in [5, 5.41) is 9.85. The lowest BCUT2D eigenvalue weighted by Gasteiger charge is -2.32. The topological polar surface area (TPSA) is 77.8 Å². The van der Waals surface area contributed by atoms with Gasteiger partial charge in [-0.1, -0.05) is 0 Å². The number of nitrogens with one attached hydrogen (secondary N) is 1. The lowest BCUT2D eigenvalue weighted by atomic mass is 9.92. The number of hydrogen-bond donors (Lipinski definition) is 1. The highest BCUT2D eigenvalue weighted by Gasteiger charge is 2.25. The molecule has 21 heavy (non-hydrogen) atoms. The Labute approximate surface area is 123 Å². The highest BCUT2D eigenvalue weighted by atomic mass is 16.5. The summed E-state index contributed by atoms with van der Waals surface area (Å²) in [4.78, 5) is 13.6. The van der Waals surface area contributed by atoms with E-state index in [1.807, 2.05) is 0 Å². The molecule has 110 valence electrons. The maximum atomic E-state index is 9.16. The van der Waals surface area contributed by atoms with E-state index in [1.54, 1.807) is 6.20 Å². The van der Waals surface area contributed by atoms with Crippen molar-refractivity contribution < 1.29 is 4.74 Å². The molecule has 1 fully saturated rings. The van der Waals surface area contributed by atoms with Crippen molar-refractivity contribution in [3.8, 4) is 11.9 Å². The zero-order valence-corrected chi connectivity index (χ0v) is 12.3. The molecule has 0 atom stereocenters. The fourth-order valence-corrected chi connectivity index (χ4v) is 2.95. The minimum atomic E-state index is 0.167. The third-order valence-corrected chi connectivity index (χ3v) is 4.21. The van der Waals surface area contributed by atoms with Gasteiger partial charge in [0, 0.05) is 12.2 Å². The predicted molar refractivity (Wildman–Crippen MR) is 79.0 cm³/mol. The predicted octanol–water partition coefficient (Wildman–Crippen LogP) is 2.08. The van der Waals surface area contributed by atoms with Gasteiger partial charge >= 0.3 is 0 Å². The molecule has 1 aliphatic carbocycles. The van der Waals surface area contributed by atoms with Crippen LogP contribution in [-0.2, 0) is 0 Å². The number of H-pyrrole nitrogens is 1. The monoisotopic (exact) mass is 285 g/mol. The van der Waals surface area contributed by atoms with Crippen LogP contribution in [0.1, 0.15) is 31.2 Å². The molecular weight excluding hydrogens is 266 g/mol. The van der Waals surface area contributed by atoms with Gasteiger partial charge in [-0.15, -0.1) is 0 Å². The number of aromatic nitrogens is 3. The highest BCUT2D eigenvalue weighted by Crippen LogP contribution is 2.29. The first-order chi connectivity index (χ1) is 10.2. The van der Waals surface area contributed by atoms with E-state index in [4.69, 9.17) is 10.00 Å². The molecule has 1 saturated carbocycles. The molecule has 0 radical (unpaired) electrons. The number of hydrogen-bond acceptors (Lipinski definition) is 5. The highest BCUT2D eigenvalue weighted by molar-refractivity contribution is 5.87. The summed E-state index contributed by atoms with van der Waals surface area (Å²) < 4.78 is 6.06. The SMILES string of the molecule is CN(C)C1CCC(Oc2ncnc3[nH]cc(C#N)c23)CC1.